The summed E-state index contributed by atoms with van der Waals surface area (Å²) in [4.78, 5) is 32.2. The summed E-state index contributed by atoms with van der Waals surface area (Å²) in [6.07, 6.45) is -1.90. The van der Waals surface area contributed by atoms with Crippen LogP contribution in [0.4, 0.5) is 18.0 Å². The van der Waals surface area contributed by atoms with Crippen LogP contribution in [0, 0.1) is 23.4 Å². The summed E-state index contributed by atoms with van der Waals surface area (Å²) in [6.45, 7) is 5.50. The minimum Gasteiger partial charge on any atom is -0.444 e. The van der Waals surface area contributed by atoms with Gasteiger partial charge in [-0.25, -0.2) is 22.6 Å². The van der Waals surface area contributed by atoms with Crippen molar-refractivity contribution in [2.75, 3.05) is 33.4 Å². The molecule has 0 unspecified atom stereocenters. The van der Waals surface area contributed by atoms with Crippen LogP contribution in [0.15, 0.2) is 23.5 Å². The molecule has 1 aromatic heterocycles. The molecule has 2 saturated heterocycles. The lowest BCUT2D eigenvalue weighted by Crippen LogP contribution is -2.57. The Morgan fingerprint density at radius 1 is 1.12 bits per heavy atom. The molecule has 2 fully saturated rings. The first-order valence-electron chi connectivity index (χ1n) is 15.8. The van der Waals surface area contributed by atoms with Crippen LogP contribution in [0.3, 0.4) is 0 Å². The molecule has 0 aliphatic carbocycles. The smallest absolute Gasteiger partial charge is 0.410 e. The topological polar surface area (TPSA) is 170 Å². The third-order valence-corrected chi connectivity index (χ3v) is 8.61. The van der Waals surface area contributed by atoms with Gasteiger partial charge in [0.05, 0.1) is 24.6 Å². The van der Waals surface area contributed by atoms with E-state index in [4.69, 9.17) is 19.0 Å². The number of aliphatic hydroxyl groups is 2. The highest BCUT2D eigenvalue weighted by atomic mass is 19.2. The lowest BCUT2D eigenvalue weighted by Gasteiger charge is -2.44. The molecule has 0 spiro atoms. The van der Waals surface area contributed by atoms with Crippen molar-refractivity contribution in [2.24, 2.45) is 11.1 Å². The highest BCUT2D eigenvalue weighted by Gasteiger charge is 2.49. The van der Waals surface area contributed by atoms with Crippen LogP contribution >= 0.6 is 0 Å². The number of piperidine rings is 1. The van der Waals surface area contributed by atoms with Gasteiger partial charge in [0, 0.05) is 44.5 Å². The van der Waals surface area contributed by atoms with Crippen LogP contribution < -0.4 is 5.32 Å². The van der Waals surface area contributed by atoms with Crippen molar-refractivity contribution in [1.82, 2.24) is 25.2 Å². The molecule has 48 heavy (non-hydrogen) atoms. The number of amides is 2. The molecule has 2 aromatic rings. The van der Waals surface area contributed by atoms with Crippen molar-refractivity contribution in [2.45, 2.75) is 88.6 Å². The zero-order valence-electron chi connectivity index (χ0n) is 27.1. The number of rotatable bonds is 9. The molecular formula is C31H41F3N6O8. The Labute approximate surface area is 275 Å². The monoisotopic (exact) mass is 682 g/mol. The quantitative estimate of drug-likeness (QED) is 0.334. The highest BCUT2D eigenvalue weighted by molar-refractivity contribution is 5.88. The number of nitrogens with one attached hydrogen (secondary N) is 1. The molecule has 0 saturated carbocycles. The first kappa shape index (κ1) is 35.5. The molecule has 264 valence electrons. The van der Waals surface area contributed by atoms with Gasteiger partial charge in [-0.3, -0.25) is 4.79 Å². The third kappa shape index (κ3) is 8.07. The molecule has 3 N–H and O–H groups in total. The number of benzene rings is 1. The standard InChI is InChI=1S/C31H41F3N6O8/c1-31(2,3)47-30(44)39-7-5-16(6-8-39)21-11-18(48-37-21)12-23-29(45-15-25(42)35-4)27(28(43)24(14-41)46-23)40-13-22(36-38-40)17-9-19(32)26(34)20(33)10-17/h9-10,13,16,18,23-24,27-29,41,43H,5-8,11-12,14-15H2,1-4H3,(H,35,42)/t18-,23-,24-,27+,28+,29+/m1/s1. The molecule has 4 heterocycles. The number of hydrogen-bond donors (Lipinski definition) is 3. The largest absolute Gasteiger partial charge is 0.444 e. The fourth-order valence-corrected chi connectivity index (χ4v) is 6.17. The number of ether oxygens (including phenoxy) is 3. The summed E-state index contributed by atoms with van der Waals surface area (Å²) in [6, 6.07) is 0.450. The summed E-state index contributed by atoms with van der Waals surface area (Å²) in [7, 11) is 1.43. The number of carbonyl (C=O) groups is 2. The molecule has 0 bridgehead atoms. The van der Waals surface area contributed by atoms with Gasteiger partial charge in [-0.1, -0.05) is 10.4 Å². The highest BCUT2D eigenvalue weighted by Crippen LogP contribution is 2.37. The summed E-state index contributed by atoms with van der Waals surface area (Å²) in [5, 5.41) is 36.2. The molecule has 6 atom stereocenters. The Hall–Kier alpha value is -3.80. The van der Waals surface area contributed by atoms with Gasteiger partial charge < -0.3 is 39.5 Å². The number of aromatic nitrogens is 3. The lowest BCUT2D eigenvalue weighted by molar-refractivity contribution is -0.224. The van der Waals surface area contributed by atoms with E-state index in [0.717, 1.165) is 17.8 Å². The second-order valence-electron chi connectivity index (χ2n) is 13.2. The number of nitrogens with zero attached hydrogens (tertiary/aromatic N) is 5. The van der Waals surface area contributed by atoms with Crippen molar-refractivity contribution in [1.29, 1.82) is 0 Å². The van der Waals surface area contributed by atoms with Gasteiger partial charge in [0.2, 0.25) is 5.91 Å². The lowest BCUT2D eigenvalue weighted by atomic mass is 9.86. The number of hydrogen-bond acceptors (Lipinski definition) is 11. The fraction of sp³-hybridized carbons (Fsp3) is 0.645. The van der Waals surface area contributed by atoms with E-state index in [9.17, 15) is 33.0 Å². The minimum atomic E-state index is -1.63. The number of carbonyl (C=O) groups excluding carboxylic acids is 2. The third-order valence-electron chi connectivity index (χ3n) is 8.61. The SMILES string of the molecule is CNC(=O)CO[C@@H]1[C@@H](n2cc(-c3cc(F)c(F)c(F)c3)nn2)[C@@H](O)[C@@H](CO)O[C@@H]1C[C@H]1CC(C2CCN(C(=O)OC(C)(C)C)CC2)=NO1. The molecule has 17 heteroatoms. The van der Waals surface area contributed by atoms with E-state index in [1.165, 1.54) is 17.9 Å². The van der Waals surface area contributed by atoms with Crippen LogP contribution in [0.1, 0.15) is 52.5 Å². The van der Waals surface area contributed by atoms with E-state index in [1.54, 1.807) is 4.90 Å². The molecule has 14 nitrogen and oxygen atoms in total. The maximum absolute atomic E-state index is 14.0. The van der Waals surface area contributed by atoms with E-state index in [-0.39, 0.29) is 29.7 Å². The Kier molecular flexibility index (Phi) is 10.9. The number of likely N-dealkylation sites (N-methyl/N-ethyl adjacent to an activating group) is 1. The summed E-state index contributed by atoms with van der Waals surface area (Å²) >= 11 is 0. The Morgan fingerprint density at radius 2 is 1.81 bits per heavy atom. The Morgan fingerprint density at radius 3 is 2.44 bits per heavy atom. The Balaban J connectivity index is 1.31. The van der Waals surface area contributed by atoms with Gasteiger partial charge >= 0.3 is 6.09 Å². The molecule has 0 radical (unpaired) electrons. The van der Waals surface area contributed by atoms with Gasteiger partial charge in [-0.2, -0.15) is 0 Å². The van der Waals surface area contributed by atoms with Gasteiger partial charge in [-0.15, -0.1) is 5.10 Å². The summed E-state index contributed by atoms with van der Waals surface area (Å²) in [5.74, 6) is -4.82. The summed E-state index contributed by atoms with van der Waals surface area (Å²) in [5.41, 5.74) is 0.134. The number of likely N-dealkylation sites (tertiary alicyclic amines) is 1. The van der Waals surface area contributed by atoms with E-state index in [1.807, 2.05) is 20.8 Å². The predicted octanol–water partition coefficient (Wildman–Crippen LogP) is 2.34. The van der Waals surface area contributed by atoms with Gasteiger partial charge in [0.1, 0.15) is 48.4 Å². The first-order valence-corrected chi connectivity index (χ1v) is 15.8. The molecule has 2 amide bonds. The minimum absolute atomic E-state index is 0.0245. The average molecular weight is 683 g/mol. The molecule has 3 aliphatic rings. The molecule has 3 aliphatic heterocycles. The van der Waals surface area contributed by atoms with Gasteiger partial charge in [0.15, 0.2) is 17.5 Å². The number of oxime groups is 1. The number of halogens is 3. The van der Waals surface area contributed by atoms with Crippen LogP contribution in [0.2, 0.25) is 0 Å². The maximum Gasteiger partial charge on any atom is 0.410 e. The van der Waals surface area contributed by atoms with Crippen molar-refractivity contribution in [3.05, 3.63) is 35.8 Å². The van der Waals surface area contributed by atoms with Crippen LogP contribution in [0.25, 0.3) is 11.3 Å². The second kappa shape index (κ2) is 14.8. The normalized spacial score (nSPS) is 26.6. The van der Waals surface area contributed by atoms with E-state index in [0.29, 0.717) is 32.4 Å². The van der Waals surface area contributed by atoms with Crippen LogP contribution in [-0.2, 0) is 23.8 Å². The second-order valence-corrected chi connectivity index (χ2v) is 13.2. The zero-order valence-corrected chi connectivity index (χ0v) is 27.1. The zero-order chi connectivity index (χ0) is 34.7. The van der Waals surface area contributed by atoms with Gasteiger partial charge in [-0.05, 0) is 45.7 Å². The van der Waals surface area contributed by atoms with Crippen LogP contribution in [-0.4, -0.2) is 117 Å². The van der Waals surface area contributed by atoms with Crippen molar-refractivity contribution < 1.29 is 52.0 Å². The van der Waals surface area contributed by atoms with Crippen molar-refractivity contribution in [3.63, 3.8) is 0 Å². The average Bonchev–Trinajstić information content (AvgIpc) is 3.73. The molecule has 1 aromatic carbocycles. The fourth-order valence-electron chi connectivity index (χ4n) is 6.17. The van der Waals surface area contributed by atoms with E-state index < -0.39 is 78.7 Å². The molecular weight excluding hydrogens is 641 g/mol. The van der Waals surface area contributed by atoms with Crippen LogP contribution in [0.5, 0.6) is 0 Å². The van der Waals surface area contributed by atoms with E-state index >= 15 is 0 Å². The summed E-state index contributed by atoms with van der Waals surface area (Å²) < 4.78 is 60.3. The van der Waals surface area contributed by atoms with Gasteiger partial charge in [0.25, 0.3) is 0 Å². The number of aliphatic hydroxyl groups excluding tert-OH is 2. The first-order chi connectivity index (χ1) is 22.8. The predicted molar refractivity (Wildman–Crippen MR) is 162 cm³/mol. The Bertz CT molecular complexity index is 1470. The van der Waals surface area contributed by atoms with Crippen molar-refractivity contribution >= 4 is 17.7 Å². The van der Waals surface area contributed by atoms with Crippen molar-refractivity contribution in [3.8, 4) is 11.3 Å². The van der Waals surface area contributed by atoms with E-state index in [2.05, 4.69) is 20.8 Å². The maximum atomic E-state index is 14.0. The molecule has 5 rings (SSSR count).